The van der Waals surface area contributed by atoms with E-state index in [9.17, 15) is 14.4 Å². The molecule has 5 rings (SSSR count). The molecule has 0 bridgehead atoms. The van der Waals surface area contributed by atoms with Gasteiger partial charge < -0.3 is 13.7 Å². The number of nitrogens with zero attached hydrogens (tertiary/aromatic N) is 2. The SMILES string of the molecule is Cc1cc(/C=C2\C(=O)NC(=O)N(Cc3ccco3)C2=O)c(C)n1-c1ccc(OCc2ccc(Cl)cc2Cl)cc1. The molecular formula is C29H23Cl2N3O5. The van der Waals surface area contributed by atoms with Gasteiger partial charge in [-0.15, -0.1) is 0 Å². The third-order valence-corrected chi connectivity index (χ3v) is 6.94. The van der Waals surface area contributed by atoms with Crippen LogP contribution in [0.3, 0.4) is 0 Å². The van der Waals surface area contributed by atoms with Crippen LogP contribution in [-0.4, -0.2) is 27.3 Å². The Morgan fingerprint density at radius 2 is 1.77 bits per heavy atom. The molecule has 2 aromatic heterocycles. The lowest BCUT2D eigenvalue weighted by Gasteiger charge is -2.25. The number of carbonyl (C=O) groups is 3. The number of aromatic nitrogens is 1. The van der Waals surface area contributed by atoms with Crippen LogP contribution in [0.1, 0.15) is 28.3 Å². The molecule has 1 aliphatic heterocycles. The van der Waals surface area contributed by atoms with E-state index in [-0.39, 0.29) is 12.1 Å². The molecule has 198 valence electrons. The highest BCUT2D eigenvalue weighted by Gasteiger charge is 2.36. The smallest absolute Gasteiger partial charge is 0.331 e. The number of benzene rings is 2. The van der Waals surface area contributed by atoms with E-state index in [0.717, 1.165) is 27.5 Å². The zero-order valence-corrected chi connectivity index (χ0v) is 22.5. The van der Waals surface area contributed by atoms with Crippen molar-refractivity contribution in [1.29, 1.82) is 0 Å². The summed E-state index contributed by atoms with van der Waals surface area (Å²) in [6.45, 7) is 4.03. The van der Waals surface area contributed by atoms with E-state index in [1.165, 1.54) is 12.3 Å². The molecule has 0 aliphatic carbocycles. The van der Waals surface area contributed by atoms with Crippen LogP contribution in [0, 0.1) is 13.8 Å². The Morgan fingerprint density at radius 1 is 1.00 bits per heavy atom. The van der Waals surface area contributed by atoms with E-state index >= 15 is 0 Å². The van der Waals surface area contributed by atoms with Gasteiger partial charge in [-0.1, -0.05) is 29.3 Å². The van der Waals surface area contributed by atoms with Crippen molar-refractivity contribution in [2.75, 3.05) is 0 Å². The summed E-state index contributed by atoms with van der Waals surface area (Å²) in [7, 11) is 0. The number of halogens is 2. The predicted octanol–water partition coefficient (Wildman–Crippen LogP) is 6.23. The molecule has 0 radical (unpaired) electrons. The summed E-state index contributed by atoms with van der Waals surface area (Å²) >= 11 is 12.2. The first-order valence-electron chi connectivity index (χ1n) is 12.0. The van der Waals surface area contributed by atoms with Gasteiger partial charge in [-0.05, 0) is 80.1 Å². The molecule has 2 aromatic carbocycles. The number of nitrogens with one attached hydrogen (secondary N) is 1. The third-order valence-electron chi connectivity index (χ3n) is 6.35. The Labute approximate surface area is 234 Å². The zero-order valence-electron chi connectivity index (χ0n) is 21.0. The molecule has 10 heteroatoms. The predicted molar refractivity (Wildman–Crippen MR) is 147 cm³/mol. The number of carbonyl (C=O) groups excluding carboxylic acids is 3. The summed E-state index contributed by atoms with van der Waals surface area (Å²) in [5.41, 5.74) is 3.96. The number of imide groups is 2. The molecule has 4 amide bonds. The van der Waals surface area contributed by atoms with Crippen molar-refractivity contribution in [3.63, 3.8) is 0 Å². The topological polar surface area (TPSA) is 93.8 Å². The average Bonchev–Trinajstić information content (AvgIpc) is 3.51. The Balaban J connectivity index is 1.36. The Bertz CT molecular complexity index is 1600. The van der Waals surface area contributed by atoms with Gasteiger partial charge in [0.15, 0.2) is 0 Å². The maximum absolute atomic E-state index is 13.1. The van der Waals surface area contributed by atoms with E-state index in [4.69, 9.17) is 32.4 Å². The minimum absolute atomic E-state index is 0.0834. The van der Waals surface area contributed by atoms with Crippen LogP contribution in [0.15, 0.2) is 76.9 Å². The van der Waals surface area contributed by atoms with E-state index in [2.05, 4.69) is 5.32 Å². The van der Waals surface area contributed by atoms with Crippen molar-refractivity contribution in [3.8, 4) is 11.4 Å². The number of barbiturate groups is 1. The largest absolute Gasteiger partial charge is 0.489 e. The number of aryl methyl sites for hydroxylation is 1. The maximum Gasteiger partial charge on any atom is 0.331 e. The van der Waals surface area contributed by atoms with Gasteiger partial charge >= 0.3 is 6.03 Å². The fourth-order valence-corrected chi connectivity index (χ4v) is 4.84. The number of rotatable bonds is 7. The maximum atomic E-state index is 13.1. The fourth-order valence-electron chi connectivity index (χ4n) is 4.37. The number of urea groups is 1. The molecule has 0 unspecified atom stereocenters. The molecule has 8 nitrogen and oxygen atoms in total. The second-order valence-electron chi connectivity index (χ2n) is 8.97. The van der Waals surface area contributed by atoms with Crippen molar-refractivity contribution in [3.05, 3.63) is 111 Å². The standard InChI is InChI=1S/C29H23Cl2N3O5/c1-17-12-20(13-25-27(35)32-29(37)33(28(25)36)15-24-4-3-11-38-24)18(2)34(17)22-7-9-23(10-8-22)39-16-19-5-6-21(30)14-26(19)31/h3-14H,15-16H2,1-2H3,(H,32,35,37)/b25-13+. The van der Waals surface area contributed by atoms with E-state index < -0.39 is 17.8 Å². The highest BCUT2D eigenvalue weighted by Crippen LogP contribution is 2.27. The van der Waals surface area contributed by atoms with Crippen molar-refractivity contribution in [1.82, 2.24) is 14.8 Å². The van der Waals surface area contributed by atoms with Crippen molar-refractivity contribution < 1.29 is 23.5 Å². The van der Waals surface area contributed by atoms with Crippen molar-refractivity contribution >= 4 is 47.1 Å². The van der Waals surface area contributed by atoms with Crippen molar-refractivity contribution in [2.45, 2.75) is 27.0 Å². The Hall–Kier alpha value is -4.27. The van der Waals surface area contributed by atoms with Gasteiger partial charge in [0.2, 0.25) is 0 Å². The summed E-state index contributed by atoms with van der Waals surface area (Å²) in [5.74, 6) is -0.338. The van der Waals surface area contributed by atoms with Crippen LogP contribution >= 0.6 is 23.2 Å². The van der Waals surface area contributed by atoms with Crippen molar-refractivity contribution in [2.24, 2.45) is 0 Å². The number of hydrogen-bond acceptors (Lipinski definition) is 5. The highest BCUT2D eigenvalue weighted by atomic mass is 35.5. The van der Waals surface area contributed by atoms with Crippen LogP contribution in [0.25, 0.3) is 11.8 Å². The van der Waals surface area contributed by atoms with Gasteiger partial charge in [-0.2, -0.15) is 0 Å². The second-order valence-corrected chi connectivity index (χ2v) is 9.81. The molecule has 1 N–H and O–H groups in total. The molecule has 39 heavy (non-hydrogen) atoms. The summed E-state index contributed by atoms with van der Waals surface area (Å²) in [5, 5.41) is 3.34. The Kier molecular flexibility index (Phi) is 7.32. The van der Waals surface area contributed by atoms with Gasteiger partial charge in [0.25, 0.3) is 11.8 Å². The first-order valence-corrected chi connectivity index (χ1v) is 12.7. The van der Waals surface area contributed by atoms with Gasteiger partial charge in [0.1, 0.15) is 23.7 Å². The Morgan fingerprint density at radius 3 is 2.46 bits per heavy atom. The molecular weight excluding hydrogens is 541 g/mol. The van der Waals surface area contributed by atoms with Gasteiger partial charge in [0.05, 0.1) is 12.8 Å². The summed E-state index contributed by atoms with van der Waals surface area (Å²) in [6, 6.07) is 17.2. The first kappa shape index (κ1) is 26.3. The molecule has 1 fully saturated rings. The van der Waals surface area contributed by atoms with Crippen LogP contribution < -0.4 is 10.1 Å². The minimum atomic E-state index is -0.787. The van der Waals surface area contributed by atoms with Gasteiger partial charge in [0, 0.05) is 32.7 Å². The highest BCUT2D eigenvalue weighted by molar-refractivity contribution is 6.35. The summed E-state index contributed by atoms with van der Waals surface area (Å²) < 4.78 is 13.1. The summed E-state index contributed by atoms with van der Waals surface area (Å²) in [6.07, 6.45) is 2.96. The first-order chi connectivity index (χ1) is 18.7. The van der Waals surface area contributed by atoms with Gasteiger partial charge in [-0.3, -0.25) is 19.8 Å². The zero-order chi connectivity index (χ0) is 27.7. The molecule has 1 saturated heterocycles. The van der Waals surface area contributed by atoms with E-state index in [1.807, 2.05) is 54.8 Å². The molecule has 4 aromatic rings. The lowest BCUT2D eigenvalue weighted by Crippen LogP contribution is -2.53. The molecule has 0 spiro atoms. The normalized spacial score (nSPS) is 14.7. The minimum Gasteiger partial charge on any atom is -0.489 e. The van der Waals surface area contributed by atoms with Crippen LogP contribution in [0.2, 0.25) is 10.0 Å². The molecule has 1 aliphatic rings. The van der Waals surface area contributed by atoms with E-state index in [1.54, 1.807) is 24.3 Å². The third kappa shape index (κ3) is 5.48. The van der Waals surface area contributed by atoms with Crippen LogP contribution in [0.5, 0.6) is 5.75 Å². The van der Waals surface area contributed by atoms with E-state index in [0.29, 0.717) is 33.7 Å². The fraction of sp³-hybridized carbons (Fsp3) is 0.138. The number of furan rings is 1. The quantitative estimate of drug-likeness (QED) is 0.212. The molecule has 3 heterocycles. The number of hydrogen-bond donors (Lipinski definition) is 1. The molecule has 0 saturated carbocycles. The second kappa shape index (κ2) is 10.8. The van der Waals surface area contributed by atoms with Gasteiger partial charge in [-0.25, -0.2) is 4.79 Å². The number of amides is 4. The lowest BCUT2D eigenvalue weighted by atomic mass is 10.1. The van der Waals surface area contributed by atoms with Crippen LogP contribution in [0.4, 0.5) is 4.79 Å². The summed E-state index contributed by atoms with van der Waals surface area (Å²) in [4.78, 5) is 38.9. The monoisotopic (exact) mass is 563 g/mol. The molecule has 0 atom stereocenters. The van der Waals surface area contributed by atoms with Crippen LogP contribution in [-0.2, 0) is 22.7 Å². The average molecular weight is 564 g/mol. The number of ether oxygens (including phenoxy) is 1. The lowest BCUT2D eigenvalue weighted by molar-refractivity contribution is -0.130.